The van der Waals surface area contributed by atoms with Gasteiger partial charge in [0.25, 0.3) is 0 Å². The monoisotopic (exact) mass is 266 g/mol. The van der Waals surface area contributed by atoms with Crippen molar-refractivity contribution in [2.45, 2.75) is 25.7 Å². The molecule has 0 aromatic carbocycles. The van der Waals surface area contributed by atoms with Gasteiger partial charge < -0.3 is 10.6 Å². The van der Waals surface area contributed by atoms with Crippen LogP contribution in [0, 0.1) is 11.3 Å². The molecule has 1 aromatic heterocycles. The van der Waals surface area contributed by atoms with Crippen molar-refractivity contribution < 1.29 is 0 Å². The van der Waals surface area contributed by atoms with Crippen LogP contribution in [0.1, 0.15) is 31.2 Å². The second-order valence-electron chi connectivity index (χ2n) is 4.94. The van der Waals surface area contributed by atoms with Crippen LogP contribution in [0.15, 0.2) is 12.3 Å². The second-order valence-corrected chi connectivity index (χ2v) is 5.32. The summed E-state index contributed by atoms with van der Waals surface area (Å²) in [6.45, 7) is 0.966. The Kier molecular flexibility index (Phi) is 4.07. The van der Waals surface area contributed by atoms with E-state index in [4.69, 9.17) is 22.7 Å². The van der Waals surface area contributed by atoms with Crippen molar-refractivity contribution in [3.05, 3.63) is 22.8 Å². The third-order valence-electron chi connectivity index (χ3n) is 3.53. The van der Waals surface area contributed by atoms with Gasteiger partial charge in [0.05, 0.1) is 5.02 Å². The van der Waals surface area contributed by atoms with Gasteiger partial charge in [0.15, 0.2) is 0 Å². The van der Waals surface area contributed by atoms with Crippen LogP contribution in [0.5, 0.6) is 0 Å². The number of halogens is 1. The minimum Gasteiger partial charge on any atom is -0.384 e. The lowest BCUT2D eigenvalue weighted by Crippen LogP contribution is -2.26. The van der Waals surface area contributed by atoms with Gasteiger partial charge >= 0.3 is 0 Å². The van der Waals surface area contributed by atoms with Gasteiger partial charge in [0.2, 0.25) is 0 Å². The molecule has 1 aliphatic rings. The summed E-state index contributed by atoms with van der Waals surface area (Å²) in [5.74, 6) is 1.43. The SMILES string of the molecule is CN(CC1CCCC1)c1nccc(C(=N)N)c1Cl. The van der Waals surface area contributed by atoms with Crippen molar-refractivity contribution in [3.8, 4) is 0 Å². The van der Waals surface area contributed by atoms with Crippen molar-refractivity contribution in [3.63, 3.8) is 0 Å². The number of nitrogens with zero attached hydrogens (tertiary/aromatic N) is 2. The van der Waals surface area contributed by atoms with Crippen LogP contribution in [0.4, 0.5) is 5.82 Å². The zero-order valence-electron chi connectivity index (χ0n) is 10.6. The van der Waals surface area contributed by atoms with E-state index in [0.29, 0.717) is 10.6 Å². The lowest BCUT2D eigenvalue weighted by atomic mass is 10.1. The van der Waals surface area contributed by atoms with Gasteiger partial charge in [0.1, 0.15) is 11.7 Å². The van der Waals surface area contributed by atoms with Gasteiger partial charge in [-0.3, -0.25) is 5.41 Å². The quantitative estimate of drug-likeness (QED) is 0.650. The summed E-state index contributed by atoms with van der Waals surface area (Å²) in [6, 6.07) is 1.68. The molecule has 0 aliphatic heterocycles. The van der Waals surface area contributed by atoms with Crippen molar-refractivity contribution in [2.75, 3.05) is 18.5 Å². The number of nitrogen functional groups attached to an aromatic ring is 1. The summed E-state index contributed by atoms with van der Waals surface area (Å²) in [7, 11) is 2.00. The number of nitrogens with one attached hydrogen (secondary N) is 1. The third-order valence-corrected chi connectivity index (χ3v) is 3.90. The molecule has 18 heavy (non-hydrogen) atoms. The molecule has 1 fully saturated rings. The highest BCUT2D eigenvalue weighted by Gasteiger charge is 2.19. The highest BCUT2D eigenvalue weighted by atomic mass is 35.5. The molecule has 0 bridgehead atoms. The van der Waals surface area contributed by atoms with Crippen LogP contribution in [0.3, 0.4) is 0 Å². The van der Waals surface area contributed by atoms with E-state index in [1.165, 1.54) is 25.7 Å². The standard InChI is InChI=1S/C13H19ClN4/c1-18(8-9-4-2-3-5-9)13-11(14)10(12(15)16)6-7-17-13/h6-7,9H,2-5,8H2,1H3,(H3,15,16). The molecule has 1 aliphatic carbocycles. The molecule has 0 amide bonds. The lowest BCUT2D eigenvalue weighted by Gasteiger charge is -2.23. The molecule has 2 rings (SSSR count). The Morgan fingerprint density at radius 2 is 2.22 bits per heavy atom. The van der Waals surface area contributed by atoms with Crippen LogP contribution in [-0.2, 0) is 0 Å². The van der Waals surface area contributed by atoms with Crippen LogP contribution in [0.2, 0.25) is 5.02 Å². The molecule has 1 aromatic rings. The molecular weight excluding hydrogens is 248 g/mol. The minimum absolute atomic E-state index is 0.0158. The Morgan fingerprint density at radius 1 is 1.56 bits per heavy atom. The summed E-state index contributed by atoms with van der Waals surface area (Å²) in [5.41, 5.74) is 6.06. The maximum Gasteiger partial charge on any atom is 0.147 e. The number of nitrogens with two attached hydrogens (primary N) is 1. The maximum absolute atomic E-state index is 7.48. The predicted molar refractivity (Wildman–Crippen MR) is 75.5 cm³/mol. The largest absolute Gasteiger partial charge is 0.384 e. The highest BCUT2D eigenvalue weighted by molar-refractivity contribution is 6.36. The fourth-order valence-corrected chi connectivity index (χ4v) is 2.93. The summed E-state index contributed by atoms with van der Waals surface area (Å²) in [6.07, 6.45) is 6.88. The first kappa shape index (κ1) is 13.1. The van der Waals surface area contributed by atoms with Crippen LogP contribution >= 0.6 is 11.6 Å². The Balaban J connectivity index is 2.16. The number of pyridine rings is 1. The number of rotatable bonds is 4. The number of amidine groups is 1. The average Bonchev–Trinajstić information content (AvgIpc) is 2.81. The molecule has 0 spiro atoms. The molecule has 0 atom stereocenters. The Morgan fingerprint density at radius 3 is 2.83 bits per heavy atom. The lowest BCUT2D eigenvalue weighted by molar-refractivity contribution is 0.545. The van der Waals surface area contributed by atoms with Crippen LogP contribution < -0.4 is 10.6 Å². The first-order chi connectivity index (χ1) is 8.59. The maximum atomic E-state index is 7.48. The molecule has 4 nitrogen and oxygen atoms in total. The summed E-state index contributed by atoms with van der Waals surface area (Å²) in [5, 5.41) is 7.96. The van der Waals surface area contributed by atoms with Gasteiger partial charge in [-0.25, -0.2) is 4.98 Å². The van der Waals surface area contributed by atoms with E-state index in [2.05, 4.69) is 9.88 Å². The number of aromatic nitrogens is 1. The van der Waals surface area contributed by atoms with E-state index < -0.39 is 0 Å². The van der Waals surface area contributed by atoms with E-state index in [0.717, 1.165) is 18.3 Å². The first-order valence-electron chi connectivity index (χ1n) is 6.29. The van der Waals surface area contributed by atoms with E-state index in [1.54, 1.807) is 12.3 Å². The zero-order chi connectivity index (χ0) is 13.1. The number of hydrogen-bond donors (Lipinski definition) is 2. The van der Waals surface area contributed by atoms with E-state index in [1.807, 2.05) is 7.05 Å². The van der Waals surface area contributed by atoms with E-state index in [9.17, 15) is 0 Å². The van der Waals surface area contributed by atoms with Gasteiger partial charge in [-0.15, -0.1) is 0 Å². The first-order valence-corrected chi connectivity index (χ1v) is 6.67. The summed E-state index contributed by atoms with van der Waals surface area (Å²) in [4.78, 5) is 6.38. The van der Waals surface area contributed by atoms with E-state index in [-0.39, 0.29) is 5.84 Å². The molecule has 98 valence electrons. The normalized spacial score (nSPS) is 15.9. The fraction of sp³-hybridized carbons (Fsp3) is 0.538. The molecule has 0 radical (unpaired) electrons. The summed E-state index contributed by atoms with van der Waals surface area (Å²) < 4.78 is 0. The predicted octanol–water partition coefficient (Wildman–Crippen LogP) is 2.65. The minimum atomic E-state index is -0.0158. The second kappa shape index (κ2) is 5.57. The topological polar surface area (TPSA) is 66.0 Å². The van der Waals surface area contributed by atoms with Crippen molar-refractivity contribution in [1.29, 1.82) is 5.41 Å². The molecular formula is C13H19ClN4. The molecule has 5 heteroatoms. The molecule has 0 unspecified atom stereocenters. The molecule has 3 N–H and O–H groups in total. The highest BCUT2D eigenvalue weighted by Crippen LogP contribution is 2.30. The van der Waals surface area contributed by atoms with Gasteiger partial charge in [-0.2, -0.15) is 0 Å². The molecule has 1 heterocycles. The fourth-order valence-electron chi connectivity index (χ4n) is 2.57. The zero-order valence-corrected chi connectivity index (χ0v) is 11.4. The van der Waals surface area contributed by atoms with Gasteiger partial charge in [0, 0.05) is 25.4 Å². The molecule has 1 saturated carbocycles. The van der Waals surface area contributed by atoms with Crippen LogP contribution in [-0.4, -0.2) is 24.4 Å². The van der Waals surface area contributed by atoms with E-state index >= 15 is 0 Å². The van der Waals surface area contributed by atoms with Crippen molar-refractivity contribution in [2.24, 2.45) is 11.7 Å². The van der Waals surface area contributed by atoms with Crippen LogP contribution in [0.25, 0.3) is 0 Å². The third kappa shape index (κ3) is 2.75. The average molecular weight is 267 g/mol. The Labute approximate surface area is 113 Å². The van der Waals surface area contributed by atoms with Gasteiger partial charge in [-0.05, 0) is 24.8 Å². The smallest absolute Gasteiger partial charge is 0.147 e. The molecule has 0 saturated heterocycles. The van der Waals surface area contributed by atoms with Gasteiger partial charge in [-0.1, -0.05) is 24.4 Å². The number of anilines is 1. The Hall–Kier alpha value is -1.29. The summed E-state index contributed by atoms with van der Waals surface area (Å²) >= 11 is 6.26. The number of hydrogen-bond acceptors (Lipinski definition) is 3. The Bertz CT molecular complexity index is 441. The van der Waals surface area contributed by atoms with Crippen molar-refractivity contribution >= 4 is 23.3 Å². The van der Waals surface area contributed by atoms with Crippen molar-refractivity contribution in [1.82, 2.24) is 4.98 Å².